The van der Waals surface area contributed by atoms with Gasteiger partial charge in [-0.3, -0.25) is 4.90 Å². The Labute approximate surface area is 188 Å². The van der Waals surface area contributed by atoms with E-state index in [-0.39, 0.29) is 12.2 Å². The van der Waals surface area contributed by atoms with Crippen molar-refractivity contribution in [3.05, 3.63) is 23.9 Å². The number of ether oxygens (including phenoxy) is 1. The lowest BCUT2D eigenvalue weighted by atomic mass is 10.0. The molecule has 174 valence electrons. The lowest BCUT2D eigenvalue weighted by Crippen LogP contribution is -2.46. The number of anilines is 1. The van der Waals surface area contributed by atoms with Crippen LogP contribution in [0.5, 0.6) is 0 Å². The van der Waals surface area contributed by atoms with Crippen molar-refractivity contribution in [1.29, 1.82) is 0 Å². The summed E-state index contributed by atoms with van der Waals surface area (Å²) in [4.78, 5) is 14.4. The first kappa shape index (κ1) is 23.8. The average Bonchev–Trinajstić information content (AvgIpc) is 2.77. The maximum atomic E-state index is 5.83. The molecule has 0 aliphatic carbocycles. The van der Waals surface area contributed by atoms with Gasteiger partial charge in [-0.05, 0) is 58.2 Å². The van der Waals surface area contributed by atoms with Crippen LogP contribution in [-0.2, 0) is 11.3 Å². The predicted molar refractivity (Wildman–Crippen MR) is 129 cm³/mol. The minimum absolute atomic E-state index is 0.237. The van der Waals surface area contributed by atoms with Gasteiger partial charge in [0.25, 0.3) is 0 Å². The molecule has 0 amide bonds. The molecule has 1 aromatic rings. The molecule has 0 spiro atoms. The molecule has 0 saturated carbocycles. The summed E-state index contributed by atoms with van der Waals surface area (Å²) in [7, 11) is 0. The van der Waals surface area contributed by atoms with E-state index in [0.717, 1.165) is 56.1 Å². The van der Waals surface area contributed by atoms with Gasteiger partial charge in [0.1, 0.15) is 5.82 Å². The van der Waals surface area contributed by atoms with E-state index in [4.69, 9.17) is 9.73 Å². The molecule has 2 N–H and O–H groups in total. The zero-order valence-electron chi connectivity index (χ0n) is 19.9. The Morgan fingerprint density at radius 3 is 2.65 bits per heavy atom. The summed E-state index contributed by atoms with van der Waals surface area (Å²) in [6, 6.07) is 4.99. The van der Waals surface area contributed by atoms with E-state index in [1.165, 1.54) is 32.2 Å². The number of likely N-dealkylation sites (tertiary alicyclic amines) is 1. The van der Waals surface area contributed by atoms with Gasteiger partial charge in [0.15, 0.2) is 5.96 Å². The van der Waals surface area contributed by atoms with Gasteiger partial charge in [-0.25, -0.2) is 9.98 Å². The second-order valence-electron chi connectivity index (χ2n) is 8.90. The number of nitrogens with zero attached hydrogens (tertiary/aromatic N) is 4. The van der Waals surface area contributed by atoms with Crippen molar-refractivity contribution in [2.45, 2.75) is 78.2 Å². The molecule has 31 heavy (non-hydrogen) atoms. The molecule has 2 aliphatic heterocycles. The quantitative estimate of drug-likeness (QED) is 0.488. The molecular formula is C24H42N6O. The summed E-state index contributed by atoms with van der Waals surface area (Å²) >= 11 is 0. The zero-order chi connectivity index (χ0) is 22.1. The van der Waals surface area contributed by atoms with Crippen LogP contribution in [0.4, 0.5) is 5.82 Å². The van der Waals surface area contributed by atoms with Crippen LogP contribution in [0.25, 0.3) is 0 Å². The van der Waals surface area contributed by atoms with Crippen LogP contribution < -0.4 is 15.5 Å². The average molecular weight is 431 g/mol. The number of pyridine rings is 1. The van der Waals surface area contributed by atoms with Crippen molar-refractivity contribution in [3.63, 3.8) is 0 Å². The number of hydrogen-bond donors (Lipinski definition) is 2. The third kappa shape index (κ3) is 7.35. The standard InChI is InChI=1S/C24H42N6O/c1-5-22-9-7-8-13-29(22)14-12-26-24(25-6-2)28-16-21-10-11-23(27-15-21)30-17-19(3)31-20(4)18-30/h10-11,15,19-20,22H,5-9,12-14,16-18H2,1-4H3,(H2,25,26,28). The zero-order valence-corrected chi connectivity index (χ0v) is 19.9. The summed E-state index contributed by atoms with van der Waals surface area (Å²) < 4.78 is 5.83. The number of piperidine rings is 1. The molecule has 3 rings (SSSR count). The maximum Gasteiger partial charge on any atom is 0.191 e. The Morgan fingerprint density at radius 2 is 1.97 bits per heavy atom. The third-order valence-corrected chi connectivity index (χ3v) is 6.23. The van der Waals surface area contributed by atoms with E-state index in [2.05, 4.69) is 65.2 Å². The van der Waals surface area contributed by atoms with E-state index in [1.807, 2.05) is 6.20 Å². The van der Waals surface area contributed by atoms with Gasteiger partial charge in [-0.2, -0.15) is 0 Å². The molecule has 2 saturated heterocycles. The highest BCUT2D eigenvalue weighted by Crippen LogP contribution is 2.19. The minimum atomic E-state index is 0.237. The highest BCUT2D eigenvalue weighted by atomic mass is 16.5. The van der Waals surface area contributed by atoms with Gasteiger partial charge in [0.2, 0.25) is 0 Å². The van der Waals surface area contributed by atoms with Gasteiger partial charge in [-0.1, -0.05) is 19.4 Å². The third-order valence-electron chi connectivity index (χ3n) is 6.23. The van der Waals surface area contributed by atoms with E-state index in [1.54, 1.807) is 0 Å². The number of nitrogens with one attached hydrogen (secondary N) is 2. The van der Waals surface area contributed by atoms with Crippen LogP contribution >= 0.6 is 0 Å². The molecule has 3 atom stereocenters. The lowest BCUT2D eigenvalue weighted by Gasteiger charge is -2.36. The number of guanidine groups is 1. The summed E-state index contributed by atoms with van der Waals surface area (Å²) in [5.74, 6) is 1.90. The fourth-order valence-electron chi connectivity index (χ4n) is 4.71. The normalized spacial score (nSPS) is 25.5. The lowest BCUT2D eigenvalue weighted by molar-refractivity contribution is -0.00545. The van der Waals surface area contributed by atoms with Gasteiger partial charge < -0.3 is 20.3 Å². The molecule has 7 nitrogen and oxygen atoms in total. The van der Waals surface area contributed by atoms with Crippen LogP contribution in [-0.4, -0.2) is 73.4 Å². The Bertz CT molecular complexity index is 669. The summed E-state index contributed by atoms with van der Waals surface area (Å²) in [6.45, 7) is 15.1. The minimum Gasteiger partial charge on any atom is -0.372 e. The molecular weight excluding hydrogens is 388 g/mol. The van der Waals surface area contributed by atoms with Crippen molar-refractivity contribution in [3.8, 4) is 0 Å². The van der Waals surface area contributed by atoms with Crippen molar-refractivity contribution < 1.29 is 4.74 Å². The largest absolute Gasteiger partial charge is 0.372 e. The number of morpholine rings is 1. The fraction of sp³-hybridized carbons (Fsp3) is 0.750. The SMILES string of the molecule is CCNC(=NCc1ccc(N2CC(C)OC(C)C2)nc1)NCCN1CCCCC1CC. The number of aliphatic imine (C=N–C) groups is 1. The number of aromatic nitrogens is 1. The van der Waals surface area contributed by atoms with E-state index in [0.29, 0.717) is 6.54 Å². The molecule has 1 aromatic heterocycles. The first-order chi connectivity index (χ1) is 15.1. The molecule has 0 radical (unpaired) electrons. The second-order valence-corrected chi connectivity index (χ2v) is 8.90. The van der Waals surface area contributed by atoms with Crippen molar-refractivity contribution in [2.24, 2.45) is 4.99 Å². The van der Waals surface area contributed by atoms with Crippen LogP contribution in [0.1, 0.15) is 58.9 Å². The Hall–Kier alpha value is -1.86. The van der Waals surface area contributed by atoms with Crippen LogP contribution in [0.15, 0.2) is 23.3 Å². The number of rotatable bonds is 8. The molecule has 7 heteroatoms. The molecule has 0 bridgehead atoms. The van der Waals surface area contributed by atoms with E-state index < -0.39 is 0 Å². The topological polar surface area (TPSA) is 65.0 Å². The van der Waals surface area contributed by atoms with Crippen LogP contribution in [0.2, 0.25) is 0 Å². The first-order valence-corrected chi connectivity index (χ1v) is 12.2. The molecule has 3 unspecified atom stereocenters. The van der Waals surface area contributed by atoms with E-state index >= 15 is 0 Å². The van der Waals surface area contributed by atoms with Crippen molar-refractivity contribution in [1.82, 2.24) is 20.5 Å². The van der Waals surface area contributed by atoms with Crippen LogP contribution in [0, 0.1) is 0 Å². The highest BCUT2D eigenvalue weighted by Gasteiger charge is 2.23. The smallest absolute Gasteiger partial charge is 0.191 e. The maximum absolute atomic E-state index is 5.83. The fourth-order valence-corrected chi connectivity index (χ4v) is 4.71. The first-order valence-electron chi connectivity index (χ1n) is 12.2. The summed E-state index contributed by atoms with van der Waals surface area (Å²) in [6.07, 6.45) is 7.73. The molecule has 2 fully saturated rings. The summed E-state index contributed by atoms with van der Waals surface area (Å²) in [5, 5.41) is 6.88. The molecule has 3 heterocycles. The van der Waals surface area contributed by atoms with Crippen molar-refractivity contribution in [2.75, 3.05) is 44.2 Å². The van der Waals surface area contributed by atoms with Gasteiger partial charge in [-0.15, -0.1) is 0 Å². The molecule has 0 aromatic carbocycles. The monoisotopic (exact) mass is 430 g/mol. The second kappa shape index (κ2) is 12.2. The highest BCUT2D eigenvalue weighted by molar-refractivity contribution is 5.79. The Kier molecular flexibility index (Phi) is 9.40. The van der Waals surface area contributed by atoms with Gasteiger partial charge >= 0.3 is 0 Å². The van der Waals surface area contributed by atoms with Gasteiger partial charge in [0.05, 0.1) is 18.8 Å². The van der Waals surface area contributed by atoms with Gasteiger partial charge in [0, 0.05) is 45.0 Å². The Morgan fingerprint density at radius 1 is 1.16 bits per heavy atom. The number of hydrogen-bond acceptors (Lipinski definition) is 5. The van der Waals surface area contributed by atoms with E-state index in [9.17, 15) is 0 Å². The summed E-state index contributed by atoms with van der Waals surface area (Å²) in [5.41, 5.74) is 1.12. The Balaban J connectivity index is 1.50. The predicted octanol–water partition coefficient (Wildman–Crippen LogP) is 3.01. The molecule has 2 aliphatic rings. The van der Waals surface area contributed by atoms with Crippen molar-refractivity contribution >= 4 is 11.8 Å². The van der Waals surface area contributed by atoms with Crippen LogP contribution in [0.3, 0.4) is 0 Å².